The molecule has 1 saturated heterocycles. The van der Waals surface area contributed by atoms with Gasteiger partial charge in [0, 0.05) is 42.4 Å². The number of H-pyrrole nitrogens is 1. The highest BCUT2D eigenvalue weighted by molar-refractivity contribution is 5.94. The number of fused-ring (bicyclic) bond motifs is 1. The first-order valence-electron chi connectivity index (χ1n) is 12.5. The number of aromatic nitrogens is 6. The predicted molar refractivity (Wildman–Crippen MR) is 131 cm³/mol. The van der Waals surface area contributed by atoms with Crippen LogP contribution in [0.4, 0.5) is 13.2 Å². The van der Waals surface area contributed by atoms with Crippen LogP contribution in [0.3, 0.4) is 0 Å². The van der Waals surface area contributed by atoms with Crippen LogP contribution in [0.5, 0.6) is 0 Å². The first-order chi connectivity index (χ1) is 17.8. The molecule has 2 aliphatic rings. The van der Waals surface area contributed by atoms with Gasteiger partial charge < -0.3 is 14.6 Å². The van der Waals surface area contributed by atoms with E-state index in [9.17, 15) is 13.2 Å². The van der Waals surface area contributed by atoms with E-state index >= 15 is 0 Å². The zero-order chi connectivity index (χ0) is 25.6. The van der Waals surface area contributed by atoms with Crippen LogP contribution < -0.4 is 5.32 Å². The molecule has 1 saturated carbocycles. The molecule has 0 spiro atoms. The molecule has 2 N–H and O–H groups in total. The molecule has 194 valence electrons. The van der Waals surface area contributed by atoms with Crippen molar-refractivity contribution in [3.05, 3.63) is 59.4 Å². The van der Waals surface area contributed by atoms with E-state index in [-0.39, 0.29) is 12.0 Å². The molecule has 1 aliphatic carbocycles. The third-order valence-electron chi connectivity index (χ3n) is 7.64. The van der Waals surface area contributed by atoms with Crippen molar-refractivity contribution in [3.8, 4) is 11.3 Å². The minimum absolute atomic E-state index is 0.255. The van der Waals surface area contributed by atoms with E-state index in [0.717, 1.165) is 48.7 Å². The molecular formula is C26H28F3N7O. The molecule has 37 heavy (non-hydrogen) atoms. The summed E-state index contributed by atoms with van der Waals surface area (Å²) >= 11 is 0. The molecule has 8 nitrogen and oxygen atoms in total. The summed E-state index contributed by atoms with van der Waals surface area (Å²) in [6.45, 7) is 1.32. The Morgan fingerprint density at radius 1 is 1.19 bits per heavy atom. The van der Waals surface area contributed by atoms with E-state index in [1.165, 1.54) is 0 Å². The van der Waals surface area contributed by atoms with Gasteiger partial charge in [-0.1, -0.05) is 31.0 Å². The summed E-state index contributed by atoms with van der Waals surface area (Å²) < 4.78 is 49.0. The molecule has 0 amide bonds. The molecule has 11 heteroatoms. The van der Waals surface area contributed by atoms with Crippen molar-refractivity contribution in [3.63, 3.8) is 0 Å². The van der Waals surface area contributed by atoms with Crippen molar-refractivity contribution in [2.24, 2.45) is 7.05 Å². The molecular weight excluding hydrogens is 483 g/mol. The topological polar surface area (TPSA) is 93.5 Å². The highest BCUT2D eigenvalue weighted by Gasteiger charge is 2.42. The number of hydrogen-bond acceptors (Lipinski definition) is 6. The fraction of sp³-hybridized carbons (Fsp3) is 0.462. The molecule has 2 fully saturated rings. The minimum atomic E-state index is -4.56. The van der Waals surface area contributed by atoms with E-state index in [1.54, 1.807) is 6.33 Å². The van der Waals surface area contributed by atoms with Crippen LogP contribution in [-0.2, 0) is 36.3 Å². The zero-order valence-electron chi connectivity index (χ0n) is 20.5. The fourth-order valence-electron chi connectivity index (χ4n) is 5.43. The van der Waals surface area contributed by atoms with Gasteiger partial charge in [0.1, 0.15) is 23.5 Å². The average Bonchev–Trinajstić information content (AvgIpc) is 3.61. The van der Waals surface area contributed by atoms with Gasteiger partial charge in [0.05, 0.1) is 24.4 Å². The van der Waals surface area contributed by atoms with Gasteiger partial charge in [0.2, 0.25) is 0 Å². The number of hydrogen-bond donors (Lipinski definition) is 2. The lowest BCUT2D eigenvalue weighted by Crippen LogP contribution is -2.49. The maximum absolute atomic E-state index is 13.8. The Morgan fingerprint density at radius 3 is 2.68 bits per heavy atom. The van der Waals surface area contributed by atoms with Gasteiger partial charge in [-0.15, -0.1) is 10.2 Å². The summed E-state index contributed by atoms with van der Waals surface area (Å²) in [5.41, 5.74) is 1.91. The molecule has 0 bridgehead atoms. The van der Waals surface area contributed by atoms with Crippen LogP contribution >= 0.6 is 0 Å². The van der Waals surface area contributed by atoms with E-state index in [2.05, 4.69) is 30.7 Å². The van der Waals surface area contributed by atoms with Crippen molar-refractivity contribution in [1.29, 1.82) is 0 Å². The Hall–Kier alpha value is -3.31. The lowest BCUT2D eigenvalue weighted by Gasteiger charge is -2.41. The summed E-state index contributed by atoms with van der Waals surface area (Å²) in [7, 11) is 1.90. The van der Waals surface area contributed by atoms with E-state index in [4.69, 9.17) is 4.74 Å². The molecule has 4 aromatic rings. The number of alkyl halides is 3. The average molecular weight is 512 g/mol. The van der Waals surface area contributed by atoms with Crippen molar-refractivity contribution in [1.82, 2.24) is 35.3 Å². The second-order valence-electron chi connectivity index (χ2n) is 10.2. The van der Waals surface area contributed by atoms with Crippen LogP contribution in [0.2, 0.25) is 0 Å². The predicted octanol–water partition coefficient (Wildman–Crippen LogP) is 4.32. The normalized spacial score (nSPS) is 17.9. The minimum Gasteiger partial charge on any atom is -0.379 e. The number of aryl methyl sites for hydroxylation is 1. The third-order valence-corrected chi connectivity index (χ3v) is 7.64. The maximum atomic E-state index is 13.8. The molecule has 1 aromatic carbocycles. The number of nitrogens with one attached hydrogen (secondary N) is 2. The van der Waals surface area contributed by atoms with Crippen LogP contribution in [-0.4, -0.2) is 49.2 Å². The quantitative estimate of drug-likeness (QED) is 0.384. The van der Waals surface area contributed by atoms with Gasteiger partial charge in [-0.3, -0.25) is 5.10 Å². The van der Waals surface area contributed by atoms with Gasteiger partial charge in [-0.05, 0) is 30.5 Å². The van der Waals surface area contributed by atoms with Crippen molar-refractivity contribution in [2.45, 2.75) is 56.3 Å². The third kappa shape index (κ3) is 4.50. The first-order valence-corrected chi connectivity index (χ1v) is 12.5. The Bertz CT molecular complexity index is 1420. The van der Waals surface area contributed by atoms with Crippen LogP contribution in [0, 0.1) is 0 Å². The number of benzene rings is 1. The van der Waals surface area contributed by atoms with Crippen molar-refractivity contribution >= 4 is 10.9 Å². The summed E-state index contributed by atoms with van der Waals surface area (Å²) in [5, 5.41) is 19.4. The Morgan fingerprint density at radius 2 is 2.00 bits per heavy atom. The molecule has 6 rings (SSSR count). The summed E-state index contributed by atoms with van der Waals surface area (Å²) in [5.74, 6) is 0.847. The number of aromatic amines is 1. The number of ether oxygens (including phenoxy) is 1. The molecule has 0 unspecified atom stereocenters. The molecule has 0 atom stereocenters. The maximum Gasteiger partial charge on any atom is 0.433 e. The zero-order valence-corrected chi connectivity index (χ0v) is 20.5. The van der Waals surface area contributed by atoms with Crippen LogP contribution in [0.1, 0.15) is 48.5 Å². The number of nitrogens with zero attached hydrogens (tertiary/aromatic N) is 5. The van der Waals surface area contributed by atoms with E-state index in [1.807, 2.05) is 35.9 Å². The lowest BCUT2D eigenvalue weighted by molar-refractivity contribution is -0.141. The van der Waals surface area contributed by atoms with Crippen LogP contribution in [0.15, 0.2) is 36.7 Å². The molecule has 1 aliphatic heterocycles. The first kappa shape index (κ1) is 24.1. The van der Waals surface area contributed by atoms with Crippen molar-refractivity contribution in [2.75, 3.05) is 13.2 Å². The van der Waals surface area contributed by atoms with Gasteiger partial charge >= 0.3 is 6.18 Å². The van der Waals surface area contributed by atoms with E-state index in [0.29, 0.717) is 48.0 Å². The fourth-order valence-corrected chi connectivity index (χ4v) is 5.43. The number of halogens is 3. The molecule has 3 aromatic heterocycles. The summed E-state index contributed by atoms with van der Waals surface area (Å²) in [4.78, 5) is 3.98. The van der Waals surface area contributed by atoms with Crippen molar-refractivity contribution < 1.29 is 17.9 Å². The van der Waals surface area contributed by atoms with Gasteiger partial charge in [-0.25, -0.2) is 4.98 Å². The number of pyridine rings is 1. The smallest absolute Gasteiger partial charge is 0.379 e. The highest BCUT2D eigenvalue weighted by Crippen LogP contribution is 2.39. The van der Waals surface area contributed by atoms with E-state index < -0.39 is 11.9 Å². The monoisotopic (exact) mass is 511 g/mol. The number of rotatable bonds is 7. The Kier molecular flexibility index (Phi) is 5.99. The Balaban J connectivity index is 1.38. The second kappa shape index (κ2) is 9.21. The SMILES string of the molecule is Cn1cnnc1CC1(c2cccc(-c3n[nH]c4c(CNC5CCCC5)nc(C(F)(F)F)cc34)c2)COC1. The van der Waals surface area contributed by atoms with Gasteiger partial charge in [0.25, 0.3) is 0 Å². The second-order valence-corrected chi connectivity index (χ2v) is 10.2. The largest absolute Gasteiger partial charge is 0.433 e. The molecule has 4 heterocycles. The Labute approximate surface area is 211 Å². The van der Waals surface area contributed by atoms with Gasteiger partial charge in [-0.2, -0.15) is 18.3 Å². The lowest BCUT2D eigenvalue weighted by atomic mass is 9.75. The molecule has 0 radical (unpaired) electrons. The van der Waals surface area contributed by atoms with Gasteiger partial charge in [0.15, 0.2) is 0 Å². The van der Waals surface area contributed by atoms with Crippen LogP contribution in [0.25, 0.3) is 22.2 Å². The summed E-state index contributed by atoms with van der Waals surface area (Å²) in [6, 6.07) is 9.21. The standard InChI is InChI=1S/C26H28F3N7O/c1-36-15-31-33-22(36)11-25(13-37-14-25)17-6-4-5-16(9-17)23-19-10-21(26(27,28)29)32-20(24(19)35-34-23)12-30-18-7-2-3-8-18/h4-6,9-10,15,18,30H,2-3,7-8,11-14H2,1H3,(H,34,35). The summed E-state index contributed by atoms with van der Waals surface area (Å²) in [6.07, 6.45) is 2.09. The highest BCUT2D eigenvalue weighted by atomic mass is 19.4.